The molecule has 9 nitrogen and oxygen atoms in total. The third-order valence-electron chi connectivity index (χ3n) is 3.11. The second-order valence-corrected chi connectivity index (χ2v) is 4.91. The van der Waals surface area contributed by atoms with Gasteiger partial charge in [0.2, 0.25) is 5.28 Å². The van der Waals surface area contributed by atoms with E-state index in [1.165, 1.54) is 19.0 Å². The number of hydrazine groups is 1. The van der Waals surface area contributed by atoms with Gasteiger partial charge in [0.05, 0.1) is 25.2 Å². The van der Waals surface area contributed by atoms with Gasteiger partial charge in [0.15, 0.2) is 0 Å². The van der Waals surface area contributed by atoms with Crippen LogP contribution in [-0.2, 0) is 20.7 Å². The van der Waals surface area contributed by atoms with E-state index in [0.29, 0.717) is 6.42 Å². The van der Waals surface area contributed by atoms with Crippen molar-refractivity contribution >= 4 is 6.16 Å². The third kappa shape index (κ3) is 6.69. The van der Waals surface area contributed by atoms with Gasteiger partial charge in [-0.05, 0) is 12.5 Å². The molecule has 0 heterocycles. The van der Waals surface area contributed by atoms with Crippen molar-refractivity contribution in [3.05, 3.63) is 41.1 Å². The lowest BCUT2D eigenvalue weighted by Crippen LogP contribution is -2.41. The van der Waals surface area contributed by atoms with Gasteiger partial charge in [-0.2, -0.15) is 0 Å². The summed E-state index contributed by atoms with van der Waals surface area (Å²) < 4.78 is 9.26. The first-order valence-electron chi connectivity index (χ1n) is 7.52. The van der Waals surface area contributed by atoms with Crippen LogP contribution in [0.1, 0.15) is 19.4 Å². The van der Waals surface area contributed by atoms with Crippen molar-refractivity contribution in [3.8, 4) is 0 Å². The smallest absolute Gasteiger partial charge is 0.511 e. The summed E-state index contributed by atoms with van der Waals surface area (Å²) >= 11 is 0. The molecule has 0 fully saturated rings. The SMILES string of the molecule is CCOC(=O)OC(C)ON=[N+]([O-])N(C)C(CO)Cc1ccccc1. The lowest BCUT2D eigenvalue weighted by atomic mass is 10.1. The van der Waals surface area contributed by atoms with Crippen LogP contribution in [0.15, 0.2) is 35.6 Å². The highest BCUT2D eigenvalue weighted by Crippen LogP contribution is 2.08. The van der Waals surface area contributed by atoms with Gasteiger partial charge in [0.1, 0.15) is 6.04 Å². The summed E-state index contributed by atoms with van der Waals surface area (Å²) in [5.41, 5.74) is 0.969. The fraction of sp³-hybridized carbons (Fsp3) is 0.533. The average Bonchev–Trinajstić information content (AvgIpc) is 2.58. The zero-order valence-corrected chi connectivity index (χ0v) is 14.0. The molecule has 0 saturated carbocycles. The minimum Gasteiger partial charge on any atom is -0.569 e. The lowest BCUT2D eigenvalue weighted by molar-refractivity contribution is -0.715. The predicted octanol–water partition coefficient (Wildman–Crippen LogP) is 1.85. The van der Waals surface area contributed by atoms with E-state index in [9.17, 15) is 15.1 Å². The molecular weight excluding hydrogens is 318 g/mol. The Labute approximate surface area is 140 Å². The van der Waals surface area contributed by atoms with Crippen molar-refractivity contribution in [1.29, 1.82) is 0 Å². The van der Waals surface area contributed by atoms with Crippen molar-refractivity contribution in [2.45, 2.75) is 32.6 Å². The zero-order valence-electron chi connectivity index (χ0n) is 14.0. The van der Waals surface area contributed by atoms with Crippen molar-refractivity contribution in [2.75, 3.05) is 20.3 Å². The normalized spacial score (nSPS) is 13.8. The maximum absolute atomic E-state index is 11.9. The first kappa shape index (κ1) is 19.5. The lowest BCUT2D eigenvalue weighted by Gasteiger charge is -2.22. The fourth-order valence-electron chi connectivity index (χ4n) is 1.81. The maximum atomic E-state index is 11.9. The van der Waals surface area contributed by atoms with E-state index in [1.807, 2.05) is 30.3 Å². The molecule has 0 aliphatic heterocycles. The average molecular weight is 341 g/mol. The van der Waals surface area contributed by atoms with Gasteiger partial charge >= 0.3 is 6.16 Å². The molecule has 1 N–H and O–H groups in total. The summed E-state index contributed by atoms with van der Waals surface area (Å²) in [5.74, 6) is 0. The summed E-state index contributed by atoms with van der Waals surface area (Å²) in [7, 11) is 1.47. The summed E-state index contributed by atoms with van der Waals surface area (Å²) in [4.78, 5) is 16.1. The van der Waals surface area contributed by atoms with Gasteiger partial charge in [0, 0.05) is 13.3 Å². The Morgan fingerprint density at radius 2 is 2.08 bits per heavy atom. The van der Waals surface area contributed by atoms with Crippen LogP contribution >= 0.6 is 0 Å². The van der Waals surface area contributed by atoms with Gasteiger partial charge in [0.25, 0.3) is 6.29 Å². The number of nitrogens with zero attached hydrogens (tertiary/aromatic N) is 3. The molecule has 2 atom stereocenters. The molecular formula is C15H23N3O6. The Hall–Kier alpha value is -2.55. The van der Waals surface area contributed by atoms with E-state index < -0.39 is 18.5 Å². The van der Waals surface area contributed by atoms with Crippen molar-refractivity contribution in [1.82, 2.24) is 5.01 Å². The number of carbonyl (C=O) groups is 1. The first-order valence-corrected chi connectivity index (χ1v) is 7.52. The Balaban J connectivity index is 2.56. The molecule has 1 aromatic carbocycles. The van der Waals surface area contributed by atoms with E-state index >= 15 is 0 Å². The largest absolute Gasteiger partial charge is 0.569 e. The predicted molar refractivity (Wildman–Crippen MR) is 83.5 cm³/mol. The molecule has 2 unspecified atom stereocenters. The Morgan fingerprint density at radius 1 is 1.42 bits per heavy atom. The monoisotopic (exact) mass is 341 g/mol. The van der Waals surface area contributed by atoms with Gasteiger partial charge in [-0.1, -0.05) is 30.3 Å². The standard InChI is InChI=1S/C15H23N3O6/c1-4-22-15(20)23-12(2)24-16-18(21)17(3)14(11-19)10-13-8-6-5-7-9-13/h5-9,12,14,19H,4,10-11H2,1-3H3. The highest BCUT2D eigenvalue weighted by atomic mass is 16.8. The second kappa shape index (κ2) is 10.3. The van der Waals surface area contributed by atoms with Crippen LogP contribution in [0.4, 0.5) is 4.79 Å². The number of ether oxygens (including phenoxy) is 2. The highest BCUT2D eigenvalue weighted by molar-refractivity contribution is 5.59. The van der Waals surface area contributed by atoms with Crippen LogP contribution in [0.25, 0.3) is 0 Å². The van der Waals surface area contributed by atoms with E-state index in [1.54, 1.807) is 6.92 Å². The Kier molecular flexibility index (Phi) is 8.34. The summed E-state index contributed by atoms with van der Waals surface area (Å²) in [5, 5.41) is 25.9. The minimum atomic E-state index is -1.09. The van der Waals surface area contributed by atoms with Crippen LogP contribution in [0, 0.1) is 5.21 Å². The number of hydrogen-bond acceptors (Lipinski definition) is 7. The van der Waals surface area contributed by atoms with Crippen molar-refractivity contribution in [3.63, 3.8) is 0 Å². The first-order chi connectivity index (χ1) is 11.5. The Morgan fingerprint density at radius 3 is 2.67 bits per heavy atom. The molecule has 1 rings (SSSR count). The number of carbonyl (C=O) groups excluding carboxylic acids is 1. The summed E-state index contributed by atoms with van der Waals surface area (Å²) in [6.07, 6.45) is -1.55. The molecule has 1 aromatic rings. The number of aliphatic hydroxyl groups is 1. The topological polar surface area (TPSA) is 107 Å². The minimum absolute atomic E-state index is 0.163. The molecule has 0 spiro atoms. The van der Waals surface area contributed by atoms with Crippen LogP contribution in [0.3, 0.4) is 0 Å². The van der Waals surface area contributed by atoms with Crippen LogP contribution in [-0.4, -0.2) is 53.8 Å². The van der Waals surface area contributed by atoms with Gasteiger partial charge in [-0.15, -0.1) is 5.01 Å². The molecule has 0 aliphatic carbocycles. The quantitative estimate of drug-likeness (QED) is 0.240. The molecule has 0 saturated heterocycles. The molecule has 134 valence electrons. The molecule has 0 radical (unpaired) electrons. The van der Waals surface area contributed by atoms with E-state index in [4.69, 9.17) is 9.57 Å². The van der Waals surface area contributed by atoms with Gasteiger partial charge in [-0.25, -0.2) is 4.79 Å². The molecule has 0 amide bonds. The molecule has 0 bridgehead atoms. The van der Waals surface area contributed by atoms with E-state index in [2.05, 4.69) is 10.0 Å². The van der Waals surface area contributed by atoms with E-state index in [0.717, 1.165) is 5.56 Å². The van der Waals surface area contributed by atoms with Crippen LogP contribution in [0.2, 0.25) is 0 Å². The maximum Gasteiger partial charge on any atom is 0.511 e. The van der Waals surface area contributed by atoms with E-state index in [-0.39, 0.29) is 18.2 Å². The molecule has 0 aromatic heterocycles. The molecule has 0 aliphatic rings. The van der Waals surface area contributed by atoms with Crippen LogP contribution < -0.4 is 0 Å². The van der Waals surface area contributed by atoms with Crippen molar-refractivity contribution in [2.24, 2.45) is 5.28 Å². The molecule has 24 heavy (non-hydrogen) atoms. The van der Waals surface area contributed by atoms with Gasteiger partial charge in [-0.3, -0.25) is 4.84 Å². The number of hydrogen-bond donors (Lipinski definition) is 1. The zero-order chi connectivity index (χ0) is 17.9. The second-order valence-electron chi connectivity index (χ2n) is 4.91. The van der Waals surface area contributed by atoms with Crippen molar-refractivity contribution < 1.29 is 29.2 Å². The third-order valence-corrected chi connectivity index (χ3v) is 3.11. The number of rotatable bonds is 9. The number of benzene rings is 1. The molecule has 9 heteroatoms. The van der Waals surface area contributed by atoms with Crippen LogP contribution in [0.5, 0.6) is 0 Å². The van der Waals surface area contributed by atoms with Gasteiger partial charge < -0.3 is 19.8 Å². The fourth-order valence-corrected chi connectivity index (χ4v) is 1.81. The Bertz CT molecular complexity index is 525. The summed E-state index contributed by atoms with van der Waals surface area (Å²) in [6, 6.07) is 8.94. The number of likely N-dealkylation sites (N-methyl/N-ethyl adjacent to an activating group) is 1. The summed E-state index contributed by atoms with van der Waals surface area (Å²) in [6.45, 7) is 2.94. The highest BCUT2D eigenvalue weighted by Gasteiger charge is 2.22. The number of aliphatic hydroxyl groups excluding tert-OH is 1.